The Morgan fingerprint density at radius 3 is 2.71 bits per heavy atom. The van der Waals surface area contributed by atoms with Crippen LogP contribution in [0.2, 0.25) is 0 Å². The number of hydrogen-bond donors (Lipinski definition) is 0. The van der Waals surface area contributed by atoms with E-state index < -0.39 is 10.1 Å². The molecule has 2 aliphatic heterocycles. The molecule has 0 unspecified atom stereocenters. The van der Waals surface area contributed by atoms with Gasteiger partial charge in [0.2, 0.25) is 0 Å². The Hall–Kier alpha value is -3.31. The van der Waals surface area contributed by atoms with Gasteiger partial charge in [-0.05, 0) is 30.7 Å². The van der Waals surface area contributed by atoms with Gasteiger partial charge in [-0.25, -0.2) is 9.67 Å². The van der Waals surface area contributed by atoms with E-state index in [9.17, 15) is 13.2 Å². The number of carbonyl (C=O) groups excluding carboxylic acids is 1. The third-order valence-corrected chi connectivity index (χ3v) is 5.93. The van der Waals surface area contributed by atoms with E-state index in [2.05, 4.69) is 15.1 Å². The minimum Gasteiger partial charge on any atom is -0.354 e. The normalized spacial score (nSPS) is 18.6. The van der Waals surface area contributed by atoms with Crippen LogP contribution in [0.25, 0.3) is 5.69 Å². The fourth-order valence-corrected chi connectivity index (χ4v) is 4.54. The first kappa shape index (κ1) is 19.6. The molecule has 0 N–H and O–H groups in total. The van der Waals surface area contributed by atoms with Crippen LogP contribution in [0.1, 0.15) is 22.5 Å². The van der Waals surface area contributed by atoms with Crippen LogP contribution in [-0.4, -0.2) is 59.5 Å². The SMILES string of the molecule is CS(=O)(=O)O[C@H]1CCN(c2ccc(-n3cc4c(n3)CN(c3cccnc3)C4=O)cn2)C1. The number of aromatic nitrogens is 4. The maximum Gasteiger partial charge on any atom is 0.264 e. The summed E-state index contributed by atoms with van der Waals surface area (Å²) in [6.45, 7) is 1.53. The lowest BCUT2D eigenvalue weighted by molar-refractivity contribution is 0.0996. The topological polar surface area (TPSA) is 111 Å². The molecule has 0 saturated carbocycles. The van der Waals surface area contributed by atoms with Gasteiger partial charge in [-0.3, -0.25) is 14.0 Å². The number of anilines is 2. The molecule has 0 aromatic carbocycles. The van der Waals surface area contributed by atoms with Crippen LogP contribution in [0.15, 0.2) is 49.1 Å². The number of carbonyl (C=O) groups is 1. The van der Waals surface area contributed by atoms with Crippen molar-refractivity contribution in [1.82, 2.24) is 19.7 Å². The highest BCUT2D eigenvalue weighted by Crippen LogP contribution is 2.28. The molecule has 160 valence electrons. The molecular formula is C20H20N6O4S. The summed E-state index contributed by atoms with van der Waals surface area (Å²) in [6, 6.07) is 7.37. The summed E-state index contributed by atoms with van der Waals surface area (Å²) in [5.74, 6) is 0.634. The van der Waals surface area contributed by atoms with Crippen molar-refractivity contribution in [2.75, 3.05) is 29.1 Å². The summed E-state index contributed by atoms with van der Waals surface area (Å²) in [6.07, 6.45) is 8.05. The minimum absolute atomic E-state index is 0.104. The monoisotopic (exact) mass is 440 g/mol. The Kier molecular flexibility index (Phi) is 4.71. The molecule has 0 radical (unpaired) electrons. The van der Waals surface area contributed by atoms with E-state index in [1.165, 1.54) is 0 Å². The van der Waals surface area contributed by atoms with Gasteiger partial charge in [0.05, 0.1) is 53.9 Å². The van der Waals surface area contributed by atoms with Gasteiger partial charge in [-0.1, -0.05) is 0 Å². The Morgan fingerprint density at radius 2 is 2.03 bits per heavy atom. The smallest absolute Gasteiger partial charge is 0.264 e. The van der Waals surface area contributed by atoms with E-state index in [1.54, 1.807) is 40.4 Å². The van der Waals surface area contributed by atoms with Crippen LogP contribution >= 0.6 is 0 Å². The fraction of sp³-hybridized carbons (Fsp3) is 0.300. The lowest BCUT2D eigenvalue weighted by Gasteiger charge is -2.17. The van der Waals surface area contributed by atoms with Gasteiger partial charge in [-0.15, -0.1) is 0 Å². The predicted octanol–water partition coefficient (Wildman–Crippen LogP) is 1.38. The second-order valence-corrected chi connectivity index (χ2v) is 9.17. The summed E-state index contributed by atoms with van der Waals surface area (Å²) in [5, 5.41) is 4.56. The molecule has 11 heteroatoms. The maximum atomic E-state index is 12.8. The van der Waals surface area contributed by atoms with Crippen LogP contribution < -0.4 is 9.80 Å². The average molecular weight is 440 g/mol. The predicted molar refractivity (Wildman–Crippen MR) is 113 cm³/mol. The molecule has 0 bridgehead atoms. The molecule has 1 atom stereocenters. The summed E-state index contributed by atoms with van der Waals surface area (Å²) in [7, 11) is -3.47. The molecule has 10 nitrogen and oxygen atoms in total. The largest absolute Gasteiger partial charge is 0.354 e. The van der Waals surface area contributed by atoms with Crippen LogP contribution in [0, 0.1) is 0 Å². The van der Waals surface area contributed by atoms with Gasteiger partial charge in [0.25, 0.3) is 16.0 Å². The summed E-state index contributed by atoms with van der Waals surface area (Å²) < 4.78 is 29.4. The van der Waals surface area contributed by atoms with E-state index in [0.717, 1.165) is 23.4 Å². The maximum absolute atomic E-state index is 12.8. The Bertz CT molecular complexity index is 1230. The van der Waals surface area contributed by atoms with E-state index in [1.807, 2.05) is 23.1 Å². The number of pyridine rings is 2. The summed E-state index contributed by atoms with van der Waals surface area (Å²) in [4.78, 5) is 25.0. The lowest BCUT2D eigenvalue weighted by Crippen LogP contribution is -2.25. The van der Waals surface area contributed by atoms with Crippen molar-refractivity contribution < 1.29 is 17.4 Å². The van der Waals surface area contributed by atoms with Crippen molar-refractivity contribution in [2.45, 2.75) is 19.1 Å². The van der Waals surface area contributed by atoms with E-state index in [4.69, 9.17) is 4.18 Å². The Labute approximate surface area is 179 Å². The lowest BCUT2D eigenvalue weighted by atomic mass is 10.3. The van der Waals surface area contributed by atoms with E-state index in [0.29, 0.717) is 37.3 Å². The molecule has 5 rings (SSSR count). The zero-order chi connectivity index (χ0) is 21.6. The zero-order valence-electron chi connectivity index (χ0n) is 16.7. The molecule has 1 saturated heterocycles. The second kappa shape index (κ2) is 7.43. The van der Waals surface area contributed by atoms with Crippen LogP contribution in [0.5, 0.6) is 0 Å². The first-order valence-electron chi connectivity index (χ1n) is 9.77. The van der Waals surface area contributed by atoms with Gasteiger partial charge < -0.3 is 9.80 Å². The van der Waals surface area contributed by atoms with Gasteiger partial charge in [0, 0.05) is 25.5 Å². The third-order valence-electron chi connectivity index (χ3n) is 5.31. The molecular weight excluding hydrogens is 420 g/mol. The van der Waals surface area contributed by atoms with Crippen molar-refractivity contribution in [3.05, 3.63) is 60.3 Å². The highest BCUT2D eigenvalue weighted by molar-refractivity contribution is 7.86. The Morgan fingerprint density at radius 1 is 1.16 bits per heavy atom. The highest BCUT2D eigenvalue weighted by atomic mass is 32.2. The first-order chi connectivity index (χ1) is 14.9. The number of hydrogen-bond acceptors (Lipinski definition) is 8. The van der Waals surface area contributed by atoms with E-state index >= 15 is 0 Å². The van der Waals surface area contributed by atoms with Crippen molar-refractivity contribution in [3.8, 4) is 5.69 Å². The third kappa shape index (κ3) is 3.89. The molecule has 3 aromatic heterocycles. The highest BCUT2D eigenvalue weighted by Gasteiger charge is 2.32. The van der Waals surface area contributed by atoms with Crippen LogP contribution in [0.3, 0.4) is 0 Å². The van der Waals surface area contributed by atoms with Gasteiger partial charge >= 0.3 is 0 Å². The second-order valence-electron chi connectivity index (χ2n) is 7.57. The number of nitrogens with zero attached hydrogens (tertiary/aromatic N) is 6. The van der Waals surface area contributed by atoms with Gasteiger partial charge in [0.15, 0.2) is 0 Å². The molecule has 31 heavy (non-hydrogen) atoms. The van der Waals surface area contributed by atoms with Crippen molar-refractivity contribution in [1.29, 1.82) is 0 Å². The number of amides is 1. The zero-order valence-corrected chi connectivity index (χ0v) is 17.6. The first-order valence-corrected chi connectivity index (χ1v) is 11.6. The molecule has 3 aromatic rings. The average Bonchev–Trinajstić information content (AvgIpc) is 3.44. The standard InChI is InChI=1S/C20H20N6O4S/c1-31(28,29)30-16-6-8-24(11-16)19-5-4-15(10-22-19)26-12-17-18(23-26)13-25(20(17)27)14-3-2-7-21-9-14/h2-5,7,9-10,12,16H,6,8,11,13H2,1H3/t16-/m0/s1. The van der Waals surface area contributed by atoms with Crippen molar-refractivity contribution in [3.63, 3.8) is 0 Å². The van der Waals surface area contributed by atoms with Gasteiger partial charge in [-0.2, -0.15) is 13.5 Å². The fourth-order valence-electron chi connectivity index (χ4n) is 3.89. The quantitative estimate of drug-likeness (QED) is 0.547. The van der Waals surface area contributed by atoms with Crippen LogP contribution in [0.4, 0.5) is 11.5 Å². The molecule has 1 fully saturated rings. The number of fused-ring (bicyclic) bond motifs is 1. The molecule has 1 amide bonds. The van der Waals surface area contributed by atoms with Gasteiger partial charge in [0.1, 0.15) is 5.82 Å². The molecule has 2 aliphatic rings. The van der Waals surface area contributed by atoms with Crippen molar-refractivity contribution in [2.24, 2.45) is 0 Å². The minimum atomic E-state index is -3.47. The molecule has 0 aliphatic carbocycles. The van der Waals surface area contributed by atoms with Crippen molar-refractivity contribution >= 4 is 27.5 Å². The number of rotatable bonds is 5. The summed E-state index contributed by atoms with van der Waals surface area (Å²) in [5.41, 5.74) is 2.75. The molecule has 0 spiro atoms. The van der Waals surface area contributed by atoms with E-state index in [-0.39, 0.29) is 12.0 Å². The summed E-state index contributed by atoms with van der Waals surface area (Å²) >= 11 is 0. The van der Waals surface area contributed by atoms with Crippen LogP contribution in [-0.2, 0) is 20.8 Å². The Balaban J connectivity index is 1.29. The molecule has 5 heterocycles.